The molecule has 0 amide bonds. The molecule has 0 atom stereocenters. The second-order valence-electron chi connectivity index (χ2n) is 5.46. The van der Waals surface area contributed by atoms with E-state index in [1.165, 1.54) is 51.6 Å². The third-order valence-electron chi connectivity index (χ3n) is 3.37. The molecule has 0 bridgehead atoms. The van der Waals surface area contributed by atoms with Crippen LogP contribution in [0.4, 0.5) is 0 Å². The molecular weight excluding hydrogens is 170 g/mol. The Bertz CT molecular complexity index is 147. The average Bonchev–Trinajstić information content (AvgIpc) is 2.85. The van der Waals surface area contributed by atoms with Gasteiger partial charge in [-0.25, -0.2) is 0 Å². The van der Waals surface area contributed by atoms with Gasteiger partial charge in [0.1, 0.15) is 0 Å². The first-order valence-electron chi connectivity index (χ1n) is 6.39. The molecule has 0 aliphatic heterocycles. The largest absolute Gasteiger partial charge is 0.316 e. The fourth-order valence-corrected chi connectivity index (χ4v) is 2.11. The molecule has 0 heterocycles. The topological polar surface area (TPSA) is 12.0 Å². The number of hydrogen-bond donors (Lipinski definition) is 1. The second-order valence-corrected chi connectivity index (χ2v) is 5.46. The molecule has 1 fully saturated rings. The Morgan fingerprint density at radius 2 is 2.00 bits per heavy atom. The van der Waals surface area contributed by atoms with Crippen molar-refractivity contribution in [3.8, 4) is 0 Å². The summed E-state index contributed by atoms with van der Waals surface area (Å²) in [5.41, 5.74) is 0.726. The van der Waals surface area contributed by atoms with Gasteiger partial charge in [-0.3, -0.25) is 0 Å². The maximum Gasteiger partial charge on any atom is 0.000781 e. The lowest BCUT2D eigenvalue weighted by Crippen LogP contribution is -2.24. The van der Waals surface area contributed by atoms with Gasteiger partial charge >= 0.3 is 0 Å². The van der Waals surface area contributed by atoms with Crippen LogP contribution in [-0.4, -0.2) is 13.1 Å². The van der Waals surface area contributed by atoms with Crippen LogP contribution in [-0.2, 0) is 0 Å². The van der Waals surface area contributed by atoms with Gasteiger partial charge in [0.2, 0.25) is 0 Å². The van der Waals surface area contributed by atoms with E-state index in [0.29, 0.717) is 0 Å². The Balaban J connectivity index is 2.03. The summed E-state index contributed by atoms with van der Waals surface area (Å²) in [6.45, 7) is 9.38. The molecule has 0 aromatic carbocycles. The highest BCUT2D eigenvalue weighted by Crippen LogP contribution is 2.49. The van der Waals surface area contributed by atoms with Crippen LogP contribution in [0.3, 0.4) is 0 Å². The molecule has 0 radical (unpaired) electrons. The van der Waals surface area contributed by atoms with E-state index in [9.17, 15) is 0 Å². The normalized spacial score (nSPS) is 18.9. The standard InChI is InChI=1S/C13H27N/c1-4-10-14-11-13(8-9-13)7-5-6-12(2)3/h12,14H,4-11H2,1-3H3. The third kappa shape index (κ3) is 4.45. The minimum absolute atomic E-state index is 0.726. The van der Waals surface area contributed by atoms with Crippen molar-refractivity contribution in [3.63, 3.8) is 0 Å². The predicted molar refractivity (Wildman–Crippen MR) is 63.5 cm³/mol. The molecule has 1 N–H and O–H groups in total. The van der Waals surface area contributed by atoms with Gasteiger partial charge in [0.15, 0.2) is 0 Å². The van der Waals surface area contributed by atoms with Crippen molar-refractivity contribution in [2.45, 2.75) is 59.3 Å². The molecule has 0 aromatic rings. The van der Waals surface area contributed by atoms with Gasteiger partial charge < -0.3 is 5.32 Å². The highest BCUT2D eigenvalue weighted by molar-refractivity contribution is 4.94. The minimum Gasteiger partial charge on any atom is -0.316 e. The van der Waals surface area contributed by atoms with Crippen LogP contribution in [0.5, 0.6) is 0 Å². The second kappa shape index (κ2) is 5.75. The molecule has 1 aliphatic rings. The van der Waals surface area contributed by atoms with E-state index in [2.05, 4.69) is 26.1 Å². The lowest BCUT2D eigenvalue weighted by molar-refractivity contribution is 0.391. The maximum absolute atomic E-state index is 3.58. The first kappa shape index (κ1) is 12.0. The molecule has 1 heteroatoms. The Hall–Kier alpha value is -0.0400. The van der Waals surface area contributed by atoms with Gasteiger partial charge in [0.05, 0.1) is 0 Å². The van der Waals surface area contributed by atoms with Crippen LogP contribution >= 0.6 is 0 Å². The van der Waals surface area contributed by atoms with Crippen molar-refractivity contribution in [3.05, 3.63) is 0 Å². The number of hydrogen-bond acceptors (Lipinski definition) is 1. The third-order valence-corrected chi connectivity index (χ3v) is 3.37. The summed E-state index contributed by atoms with van der Waals surface area (Å²) in [5, 5.41) is 3.58. The van der Waals surface area contributed by atoms with Gasteiger partial charge in [0.25, 0.3) is 0 Å². The first-order chi connectivity index (χ1) is 6.68. The summed E-state index contributed by atoms with van der Waals surface area (Å²) in [6.07, 6.45) is 8.52. The van der Waals surface area contributed by atoms with Crippen LogP contribution in [0.25, 0.3) is 0 Å². The van der Waals surface area contributed by atoms with E-state index in [0.717, 1.165) is 11.3 Å². The molecule has 84 valence electrons. The molecule has 1 nitrogen and oxygen atoms in total. The van der Waals surface area contributed by atoms with Crippen molar-refractivity contribution in [2.75, 3.05) is 13.1 Å². The van der Waals surface area contributed by atoms with Crippen LogP contribution in [0, 0.1) is 11.3 Å². The average molecular weight is 197 g/mol. The summed E-state index contributed by atoms with van der Waals surface area (Å²) >= 11 is 0. The molecule has 0 aromatic heterocycles. The molecular formula is C13H27N. The van der Waals surface area contributed by atoms with Crippen molar-refractivity contribution in [1.82, 2.24) is 5.32 Å². The van der Waals surface area contributed by atoms with E-state index in [1.54, 1.807) is 0 Å². The van der Waals surface area contributed by atoms with E-state index in [-0.39, 0.29) is 0 Å². The Labute approximate surface area is 89.7 Å². The fraction of sp³-hybridized carbons (Fsp3) is 1.00. The minimum atomic E-state index is 0.726. The molecule has 0 unspecified atom stereocenters. The lowest BCUT2D eigenvalue weighted by Gasteiger charge is -2.16. The summed E-state index contributed by atoms with van der Waals surface area (Å²) in [7, 11) is 0. The number of rotatable bonds is 8. The van der Waals surface area contributed by atoms with E-state index in [4.69, 9.17) is 0 Å². The fourth-order valence-electron chi connectivity index (χ4n) is 2.11. The van der Waals surface area contributed by atoms with Crippen molar-refractivity contribution in [2.24, 2.45) is 11.3 Å². The van der Waals surface area contributed by atoms with Crippen LogP contribution < -0.4 is 5.32 Å². The Morgan fingerprint density at radius 1 is 1.29 bits per heavy atom. The van der Waals surface area contributed by atoms with Crippen molar-refractivity contribution < 1.29 is 0 Å². The highest BCUT2D eigenvalue weighted by Gasteiger charge is 2.40. The smallest absolute Gasteiger partial charge is 0.000781 e. The zero-order valence-electron chi connectivity index (χ0n) is 10.2. The zero-order chi connectivity index (χ0) is 10.4. The molecule has 1 saturated carbocycles. The maximum atomic E-state index is 3.58. The highest BCUT2D eigenvalue weighted by atomic mass is 14.9. The summed E-state index contributed by atoms with van der Waals surface area (Å²) in [6, 6.07) is 0. The van der Waals surface area contributed by atoms with Crippen molar-refractivity contribution >= 4 is 0 Å². The Kier molecular flexibility index (Phi) is 4.94. The van der Waals surface area contributed by atoms with Crippen LogP contribution in [0.1, 0.15) is 59.3 Å². The molecule has 0 spiro atoms. The van der Waals surface area contributed by atoms with Crippen molar-refractivity contribution in [1.29, 1.82) is 0 Å². The summed E-state index contributed by atoms with van der Waals surface area (Å²) < 4.78 is 0. The van der Waals surface area contributed by atoms with Gasteiger partial charge in [0, 0.05) is 6.54 Å². The van der Waals surface area contributed by atoms with Gasteiger partial charge in [-0.15, -0.1) is 0 Å². The van der Waals surface area contributed by atoms with E-state index >= 15 is 0 Å². The summed E-state index contributed by atoms with van der Waals surface area (Å²) in [5.74, 6) is 0.884. The summed E-state index contributed by atoms with van der Waals surface area (Å²) in [4.78, 5) is 0. The molecule has 1 rings (SSSR count). The van der Waals surface area contributed by atoms with Gasteiger partial charge in [-0.1, -0.05) is 33.6 Å². The van der Waals surface area contributed by atoms with Crippen LogP contribution in [0.2, 0.25) is 0 Å². The molecule has 1 aliphatic carbocycles. The van der Waals surface area contributed by atoms with Gasteiger partial charge in [-0.2, -0.15) is 0 Å². The lowest BCUT2D eigenvalue weighted by atomic mass is 9.96. The van der Waals surface area contributed by atoms with Gasteiger partial charge in [-0.05, 0) is 43.6 Å². The molecule has 14 heavy (non-hydrogen) atoms. The number of nitrogens with one attached hydrogen (secondary N) is 1. The molecule has 0 saturated heterocycles. The first-order valence-corrected chi connectivity index (χ1v) is 6.39. The quantitative estimate of drug-likeness (QED) is 0.586. The Morgan fingerprint density at radius 3 is 2.50 bits per heavy atom. The van der Waals surface area contributed by atoms with Crippen LogP contribution in [0.15, 0.2) is 0 Å². The monoisotopic (exact) mass is 197 g/mol. The SMILES string of the molecule is CCCNCC1(CCCC(C)C)CC1. The zero-order valence-corrected chi connectivity index (χ0v) is 10.2. The van der Waals surface area contributed by atoms with E-state index in [1.807, 2.05) is 0 Å². The predicted octanol–water partition coefficient (Wildman–Crippen LogP) is 3.59. The van der Waals surface area contributed by atoms with E-state index < -0.39 is 0 Å².